The summed E-state index contributed by atoms with van der Waals surface area (Å²) in [6.45, 7) is 10.9. The molecule has 2 aromatic rings. The molecule has 0 bridgehead atoms. The van der Waals surface area contributed by atoms with Crippen LogP contribution in [-0.4, -0.2) is 108 Å². The number of benzene rings is 1. The number of rotatable bonds is 24. The normalized spacial score (nSPS) is 16.5. The zero-order valence-corrected chi connectivity index (χ0v) is 32.0. The van der Waals surface area contributed by atoms with Crippen LogP contribution < -0.4 is 10.6 Å². The molecule has 0 unspecified atom stereocenters. The molecule has 290 valence electrons. The number of likely N-dealkylation sites (tertiary alicyclic amines) is 1. The van der Waals surface area contributed by atoms with E-state index in [9.17, 15) is 24.3 Å². The summed E-state index contributed by atoms with van der Waals surface area (Å²) in [4.78, 5) is 57.4. The predicted molar refractivity (Wildman–Crippen MR) is 199 cm³/mol. The van der Waals surface area contributed by atoms with Gasteiger partial charge in [-0.05, 0) is 49.1 Å². The number of nitrogens with zero attached hydrogens (tertiary/aromatic N) is 2. The number of aromatic nitrogens is 1. The third-order valence-corrected chi connectivity index (χ3v) is 9.80. The second kappa shape index (κ2) is 22.6. The molecule has 52 heavy (non-hydrogen) atoms. The quantitative estimate of drug-likeness (QED) is 0.112. The molecule has 1 fully saturated rings. The summed E-state index contributed by atoms with van der Waals surface area (Å²) in [6, 6.07) is 6.20. The zero-order valence-electron chi connectivity index (χ0n) is 31.2. The second-order valence-electron chi connectivity index (χ2n) is 14.3. The van der Waals surface area contributed by atoms with E-state index in [4.69, 9.17) is 19.3 Å². The molecule has 3 atom stereocenters. The molecule has 0 saturated carbocycles. The van der Waals surface area contributed by atoms with E-state index in [0.717, 1.165) is 47.4 Å². The summed E-state index contributed by atoms with van der Waals surface area (Å²) in [5.74, 6) is -1.72. The fraction of sp³-hybridized carbons (Fsp3) is 0.658. The average Bonchev–Trinajstić information content (AvgIpc) is 3.72. The number of carbonyl (C=O) groups is 4. The number of carboxylic acids is 1. The molecule has 2 heterocycles. The maximum atomic E-state index is 13.8. The van der Waals surface area contributed by atoms with Crippen LogP contribution in [0.15, 0.2) is 29.8 Å². The lowest BCUT2D eigenvalue weighted by Gasteiger charge is -2.35. The molecule has 13 nitrogen and oxygen atoms in total. The van der Waals surface area contributed by atoms with Gasteiger partial charge < -0.3 is 40.0 Å². The van der Waals surface area contributed by atoms with Crippen LogP contribution >= 0.6 is 11.3 Å². The summed E-state index contributed by atoms with van der Waals surface area (Å²) < 4.78 is 16.6. The van der Waals surface area contributed by atoms with Gasteiger partial charge in [0.2, 0.25) is 17.7 Å². The molecule has 0 aliphatic carbocycles. The lowest BCUT2D eigenvalue weighted by atomic mass is 9.85. The van der Waals surface area contributed by atoms with E-state index in [1.54, 1.807) is 11.3 Å². The highest BCUT2D eigenvalue weighted by atomic mass is 32.1. The number of aliphatic hydroxyl groups is 1. The lowest BCUT2D eigenvalue weighted by Crippen LogP contribution is -2.57. The van der Waals surface area contributed by atoms with Gasteiger partial charge in [-0.1, -0.05) is 57.9 Å². The van der Waals surface area contributed by atoms with Crippen LogP contribution in [0.5, 0.6) is 0 Å². The Morgan fingerprint density at radius 1 is 0.904 bits per heavy atom. The van der Waals surface area contributed by atoms with Gasteiger partial charge in [0.15, 0.2) is 0 Å². The number of ether oxygens (including phenoxy) is 3. The van der Waals surface area contributed by atoms with E-state index in [0.29, 0.717) is 52.5 Å². The van der Waals surface area contributed by atoms with Crippen molar-refractivity contribution in [1.29, 1.82) is 0 Å². The van der Waals surface area contributed by atoms with E-state index >= 15 is 0 Å². The topological polar surface area (TPSA) is 177 Å². The van der Waals surface area contributed by atoms with Crippen molar-refractivity contribution in [3.8, 4) is 10.4 Å². The first-order chi connectivity index (χ1) is 24.9. The first-order valence-corrected chi connectivity index (χ1v) is 19.2. The van der Waals surface area contributed by atoms with Gasteiger partial charge in [0.1, 0.15) is 12.1 Å². The molecule has 14 heteroatoms. The minimum Gasteiger partial charge on any atom is -0.481 e. The van der Waals surface area contributed by atoms with E-state index in [1.807, 2.05) is 57.5 Å². The Balaban J connectivity index is 1.32. The van der Waals surface area contributed by atoms with Crippen molar-refractivity contribution >= 4 is 35.0 Å². The standard InChI is InChI=1S/C38H58N4O9S/c1-27-34(52-26-40-27)29-15-13-28(14-16-29)24-39-36(47)31-23-30(43)25-42(31)37(48)35(38(2,3)4)41-32(44)11-7-5-9-17-49-19-21-51-22-20-50-18-10-6-8-12-33(45)46/h13-16,26,30-31,35,43H,5-12,17-25H2,1-4H3,(H,39,47)(H,41,44)(H,45,46)/t30-,31+,35-/m1/s1. The van der Waals surface area contributed by atoms with Crippen LogP contribution in [0.3, 0.4) is 0 Å². The Morgan fingerprint density at radius 3 is 2.06 bits per heavy atom. The summed E-state index contributed by atoms with van der Waals surface area (Å²) >= 11 is 1.58. The molecule has 1 aliphatic heterocycles. The summed E-state index contributed by atoms with van der Waals surface area (Å²) in [6.07, 6.45) is 4.32. The van der Waals surface area contributed by atoms with Crippen LogP contribution in [0.2, 0.25) is 0 Å². The SMILES string of the molecule is Cc1ncsc1-c1ccc(CNC(=O)[C@@H]2C[C@@H](O)CN2C(=O)[C@@H](NC(=O)CCCCCOCCOCCOCCCCCC(=O)O)C(C)(C)C)cc1. The van der Waals surface area contributed by atoms with Crippen molar-refractivity contribution in [2.24, 2.45) is 5.41 Å². The van der Waals surface area contributed by atoms with E-state index in [2.05, 4.69) is 15.6 Å². The maximum absolute atomic E-state index is 13.8. The molecule has 1 aromatic carbocycles. The fourth-order valence-electron chi connectivity index (χ4n) is 5.88. The molecule has 3 rings (SSSR count). The van der Waals surface area contributed by atoms with Gasteiger partial charge in [0.05, 0.1) is 48.6 Å². The lowest BCUT2D eigenvalue weighted by molar-refractivity contribution is -0.144. The maximum Gasteiger partial charge on any atom is 0.303 e. The molecule has 1 aromatic heterocycles. The smallest absolute Gasteiger partial charge is 0.303 e. The first kappa shape index (κ1) is 43.0. The monoisotopic (exact) mass is 746 g/mol. The average molecular weight is 747 g/mol. The van der Waals surface area contributed by atoms with Gasteiger partial charge in [-0.2, -0.15) is 0 Å². The Labute approximate surface area is 311 Å². The van der Waals surface area contributed by atoms with E-state index < -0.39 is 29.6 Å². The van der Waals surface area contributed by atoms with Crippen molar-refractivity contribution in [2.75, 3.05) is 46.2 Å². The number of aliphatic hydroxyl groups excluding tert-OH is 1. The molecular formula is C38H58N4O9S. The molecule has 4 N–H and O–H groups in total. The minimum absolute atomic E-state index is 0.0265. The number of aliphatic carboxylic acids is 1. The molecule has 1 saturated heterocycles. The van der Waals surface area contributed by atoms with Gasteiger partial charge in [0, 0.05) is 45.6 Å². The number of unbranched alkanes of at least 4 members (excludes halogenated alkanes) is 4. The van der Waals surface area contributed by atoms with Crippen LogP contribution in [0, 0.1) is 12.3 Å². The van der Waals surface area contributed by atoms with Crippen molar-refractivity contribution in [1.82, 2.24) is 20.5 Å². The second-order valence-corrected chi connectivity index (χ2v) is 15.2. The number of thiazole rings is 1. The minimum atomic E-state index is -0.860. The summed E-state index contributed by atoms with van der Waals surface area (Å²) in [5, 5.41) is 25.0. The first-order valence-electron chi connectivity index (χ1n) is 18.4. The highest BCUT2D eigenvalue weighted by Gasteiger charge is 2.44. The highest BCUT2D eigenvalue weighted by molar-refractivity contribution is 7.13. The van der Waals surface area contributed by atoms with Crippen LogP contribution in [0.25, 0.3) is 10.4 Å². The van der Waals surface area contributed by atoms with Gasteiger partial charge in [-0.25, -0.2) is 4.98 Å². The number of nitrogens with one attached hydrogen (secondary N) is 2. The van der Waals surface area contributed by atoms with Crippen LogP contribution in [-0.2, 0) is 39.9 Å². The van der Waals surface area contributed by atoms with Gasteiger partial charge in [0.25, 0.3) is 0 Å². The van der Waals surface area contributed by atoms with Crippen LogP contribution in [0.1, 0.15) is 89.8 Å². The third kappa shape index (κ3) is 15.3. The third-order valence-electron chi connectivity index (χ3n) is 8.83. The number of carboxylic acid groups (broad SMARTS) is 1. The number of amides is 3. The zero-order chi connectivity index (χ0) is 37.9. The number of aryl methyl sites for hydroxylation is 1. The van der Waals surface area contributed by atoms with Gasteiger partial charge >= 0.3 is 5.97 Å². The Bertz CT molecular complexity index is 1400. The number of β-amino-alcohol motifs (C(OH)–C–C–N with tert-alkyl or cyclic N) is 1. The van der Waals surface area contributed by atoms with Crippen molar-refractivity contribution in [2.45, 2.75) is 110 Å². The van der Waals surface area contributed by atoms with Gasteiger partial charge in [-0.15, -0.1) is 11.3 Å². The predicted octanol–water partition coefficient (Wildman–Crippen LogP) is 4.48. The van der Waals surface area contributed by atoms with E-state index in [-0.39, 0.29) is 50.1 Å². The number of hydrogen-bond donors (Lipinski definition) is 4. The largest absolute Gasteiger partial charge is 0.481 e. The Hall–Kier alpha value is -3.43. The molecule has 3 amide bonds. The summed E-state index contributed by atoms with van der Waals surface area (Å²) in [7, 11) is 0. The van der Waals surface area contributed by atoms with Gasteiger partial charge in [-0.3, -0.25) is 19.2 Å². The fourth-order valence-corrected chi connectivity index (χ4v) is 6.69. The highest BCUT2D eigenvalue weighted by Crippen LogP contribution is 2.28. The molecular weight excluding hydrogens is 689 g/mol. The number of hydrogen-bond acceptors (Lipinski definition) is 10. The van der Waals surface area contributed by atoms with Crippen molar-refractivity contribution in [3.63, 3.8) is 0 Å². The van der Waals surface area contributed by atoms with Crippen molar-refractivity contribution in [3.05, 3.63) is 41.0 Å². The Kier molecular flexibility index (Phi) is 18.7. The number of carbonyl (C=O) groups excluding carboxylic acids is 3. The molecule has 0 spiro atoms. The summed E-state index contributed by atoms with van der Waals surface area (Å²) in [5.41, 5.74) is 4.14. The van der Waals surface area contributed by atoms with E-state index in [1.165, 1.54) is 4.90 Å². The molecule has 0 radical (unpaired) electrons. The Morgan fingerprint density at radius 2 is 1.50 bits per heavy atom. The van der Waals surface area contributed by atoms with Crippen LogP contribution in [0.4, 0.5) is 0 Å². The molecule has 1 aliphatic rings. The van der Waals surface area contributed by atoms with Crippen molar-refractivity contribution < 1.29 is 43.6 Å².